The Balaban J connectivity index is 1.88. The van der Waals surface area contributed by atoms with Gasteiger partial charge in [-0.1, -0.05) is 0 Å². The smallest absolute Gasteiger partial charge is 0.239 e. The summed E-state index contributed by atoms with van der Waals surface area (Å²) in [6.07, 6.45) is 2.20. The van der Waals surface area contributed by atoms with Gasteiger partial charge in [-0.25, -0.2) is 4.98 Å². The van der Waals surface area contributed by atoms with E-state index in [0.29, 0.717) is 17.8 Å². The fraction of sp³-hybridized carbons (Fsp3) is 0.545. The van der Waals surface area contributed by atoms with Crippen molar-refractivity contribution in [1.82, 2.24) is 15.3 Å². The minimum Gasteiger partial charge on any atom is -0.361 e. The molecule has 6 heteroatoms. The minimum atomic E-state index is 0.00905. The fourth-order valence-corrected chi connectivity index (χ4v) is 1.45. The summed E-state index contributed by atoms with van der Waals surface area (Å²) in [6.45, 7) is 2.13. The number of hydrogen-bond donors (Lipinski definition) is 3. The normalized spacial score (nSPS) is 14.2. The summed E-state index contributed by atoms with van der Waals surface area (Å²) in [5.41, 5.74) is 0.856. The number of nitrogens with zero attached hydrogens (tertiary/aromatic N) is 2. The molecule has 0 aliphatic heterocycles. The molecule has 0 bridgehead atoms. The van der Waals surface area contributed by atoms with Crippen molar-refractivity contribution in [3.63, 3.8) is 0 Å². The standard InChI is InChI=1S/C11H17N5O/c1-7-5-9(16-11(12-2)14-7)13-6-10(17)15-8-3-4-8/h5,8H,3-4,6H2,1-2H3,(H,15,17)(H2,12,13,14,16). The Morgan fingerprint density at radius 3 is 2.88 bits per heavy atom. The monoisotopic (exact) mass is 235 g/mol. The van der Waals surface area contributed by atoms with Crippen molar-refractivity contribution in [2.75, 3.05) is 24.2 Å². The third-order valence-electron chi connectivity index (χ3n) is 2.45. The largest absolute Gasteiger partial charge is 0.361 e. The van der Waals surface area contributed by atoms with Gasteiger partial charge in [0, 0.05) is 24.8 Å². The Bertz CT molecular complexity index is 416. The van der Waals surface area contributed by atoms with Gasteiger partial charge in [-0.15, -0.1) is 0 Å². The number of carbonyl (C=O) groups is 1. The van der Waals surface area contributed by atoms with E-state index in [2.05, 4.69) is 25.9 Å². The van der Waals surface area contributed by atoms with Crippen molar-refractivity contribution >= 4 is 17.7 Å². The molecule has 1 aromatic heterocycles. The summed E-state index contributed by atoms with van der Waals surface area (Å²) in [6, 6.07) is 2.20. The summed E-state index contributed by atoms with van der Waals surface area (Å²) in [4.78, 5) is 19.9. The summed E-state index contributed by atoms with van der Waals surface area (Å²) in [5.74, 6) is 1.22. The van der Waals surface area contributed by atoms with Gasteiger partial charge in [-0.05, 0) is 19.8 Å². The first-order valence-corrected chi connectivity index (χ1v) is 5.74. The van der Waals surface area contributed by atoms with E-state index in [0.717, 1.165) is 18.5 Å². The Morgan fingerprint density at radius 1 is 1.47 bits per heavy atom. The van der Waals surface area contributed by atoms with Crippen molar-refractivity contribution in [2.24, 2.45) is 0 Å². The van der Waals surface area contributed by atoms with Crippen LogP contribution >= 0.6 is 0 Å². The number of hydrogen-bond acceptors (Lipinski definition) is 5. The van der Waals surface area contributed by atoms with Crippen LogP contribution in [0.1, 0.15) is 18.5 Å². The minimum absolute atomic E-state index is 0.00905. The van der Waals surface area contributed by atoms with Crippen LogP contribution in [0.4, 0.5) is 11.8 Å². The van der Waals surface area contributed by atoms with E-state index in [-0.39, 0.29) is 12.5 Å². The van der Waals surface area contributed by atoms with Crippen LogP contribution < -0.4 is 16.0 Å². The molecule has 0 atom stereocenters. The summed E-state index contributed by atoms with van der Waals surface area (Å²) in [7, 11) is 1.76. The zero-order valence-corrected chi connectivity index (χ0v) is 10.1. The van der Waals surface area contributed by atoms with Crippen molar-refractivity contribution in [1.29, 1.82) is 0 Å². The van der Waals surface area contributed by atoms with Crippen molar-refractivity contribution in [3.05, 3.63) is 11.8 Å². The lowest BCUT2D eigenvalue weighted by atomic mass is 10.4. The summed E-state index contributed by atoms with van der Waals surface area (Å²) < 4.78 is 0. The van der Waals surface area contributed by atoms with E-state index in [4.69, 9.17) is 0 Å². The molecule has 1 aromatic rings. The Morgan fingerprint density at radius 2 is 2.24 bits per heavy atom. The molecule has 1 heterocycles. The lowest BCUT2D eigenvalue weighted by molar-refractivity contribution is -0.119. The van der Waals surface area contributed by atoms with E-state index >= 15 is 0 Å². The van der Waals surface area contributed by atoms with Gasteiger partial charge in [-0.3, -0.25) is 4.79 Å². The van der Waals surface area contributed by atoms with Gasteiger partial charge in [0.1, 0.15) is 5.82 Å². The lowest BCUT2D eigenvalue weighted by Crippen LogP contribution is -2.31. The number of amides is 1. The van der Waals surface area contributed by atoms with Crippen molar-refractivity contribution < 1.29 is 4.79 Å². The molecule has 17 heavy (non-hydrogen) atoms. The molecule has 1 saturated carbocycles. The molecule has 0 spiro atoms. The van der Waals surface area contributed by atoms with Crippen LogP contribution in [-0.4, -0.2) is 35.5 Å². The topological polar surface area (TPSA) is 78.9 Å². The second-order valence-electron chi connectivity index (χ2n) is 4.16. The number of aryl methyl sites for hydroxylation is 1. The molecule has 0 saturated heterocycles. The lowest BCUT2D eigenvalue weighted by Gasteiger charge is -2.08. The quantitative estimate of drug-likeness (QED) is 0.693. The highest BCUT2D eigenvalue weighted by molar-refractivity contribution is 5.81. The van der Waals surface area contributed by atoms with E-state index in [1.165, 1.54) is 0 Å². The average molecular weight is 235 g/mol. The van der Waals surface area contributed by atoms with Crippen LogP contribution in [0.15, 0.2) is 6.07 Å². The third kappa shape index (κ3) is 3.58. The first-order chi connectivity index (χ1) is 8.17. The molecule has 1 aliphatic rings. The van der Waals surface area contributed by atoms with Crippen LogP contribution in [0.5, 0.6) is 0 Å². The second-order valence-corrected chi connectivity index (χ2v) is 4.16. The van der Waals surface area contributed by atoms with E-state index in [1.807, 2.05) is 13.0 Å². The predicted molar refractivity (Wildman–Crippen MR) is 66.0 cm³/mol. The van der Waals surface area contributed by atoms with Gasteiger partial charge in [0.2, 0.25) is 11.9 Å². The van der Waals surface area contributed by atoms with Gasteiger partial charge in [0.05, 0.1) is 6.54 Å². The predicted octanol–water partition coefficient (Wildman–Crippen LogP) is 0.517. The number of rotatable bonds is 5. The highest BCUT2D eigenvalue weighted by Crippen LogP contribution is 2.18. The Kier molecular flexibility index (Phi) is 3.41. The number of anilines is 2. The van der Waals surface area contributed by atoms with Gasteiger partial charge in [0.15, 0.2) is 0 Å². The molecular formula is C11H17N5O. The molecule has 6 nitrogen and oxygen atoms in total. The fourth-order valence-electron chi connectivity index (χ4n) is 1.45. The van der Waals surface area contributed by atoms with Crippen LogP contribution in [0.25, 0.3) is 0 Å². The van der Waals surface area contributed by atoms with Crippen LogP contribution in [0.2, 0.25) is 0 Å². The zero-order chi connectivity index (χ0) is 12.3. The van der Waals surface area contributed by atoms with Crippen molar-refractivity contribution in [3.8, 4) is 0 Å². The molecule has 1 amide bonds. The second kappa shape index (κ2) is 4.99. The van der Waals surface area contributed by atoms with Crippen LogP contribution in [0, 0.1) is 6.92 Å². The molecule has 0 aromatic carbocycles. The number of carbonyl (C=O) groups excluding carboxylic acids is 1. The molecule has 1 fully saturated rings. The number of aromatic nitrogens is 2. The average Bonchev–Trinajstić information content (AvgIpc) is 3.09. The SMILES string of the molecule is CNc1nc(C)cc(NCC(=O)NC2CC2)n1. The first-order valence-electron chi connectivity index (χ1n) is 5.74. The Hall–Kier alpha value is -1.85. The summed E-state index contributed by atoms with van der Waals surface area (Å²) >= 11 is 0. The van der Waals surface area contributed by atoms with Gasteiger partial charge < -0.3 is 16.0 Å². The van der Waals surface area contributed by atoms with Crippen LogP contribution in [-0.2, 0) is 4.79 Å². The maximum Gasteiger partial charge on any atom is 0.239 e. The number of nitrogens with one attached hydrogen (secondary N) is 3. The molecule has 0 unspecified atom stereocenters. The first kappa shape index (κ1) is 11.6. The summed E-state index contributed by atoms with van der Waals surface area (Å²) in [5, 5.41) is 8.77. The van der Waals surface area contributed by atoms with Gasteiger partial charge in [0.25, 0.3) is 0 Å². The maximum absolute atomic E-state index is 11.5. The van der Waals surface area contributed by atoms with Gasteiger partial charge >= 0.3 is 0 Å². The molecule has 3 N–H and O–H groups in total. The Labute approximate surface area is 100 Å². The zero-order valence-electron chi connectivity index (χ0n) is 10.1. The van der Waals surface area contributed by atoms with Crippen molar-refractivity contribution in [2.45, 2.75) is 25.8 Å². The van der Waals surface area contributed by atoms with E-state index in [9.17, 15) is 4.79 Å². The molecule has 92 valence electrons. The van der Waals surface area contributed by atoms with E-state index < -0.39 is 0 Å². The third-order valence-corrected chi connectivity index (χ3v) is 2.45. The molecular weight excluding hydrogens is 218 g/mol. The maximum atomic E-state index is 11.5. The molecule has 2 rings (SSSR count). The van der Waals surface area contributed by atoms with Gasteiger partial charge in [-0.2, -0.15) is 4.98 Å². The molecule has 0 radical (unpaired) electrons. The van der Waals surface area contributed by atoms with E-state index in [1.54, 1.807) is 7.05 Å². The van der Waals surface area contributed by atoms with Crippen LogP contribution in [0.3, 0.4) is 0 Å². The molecule has 1 aliphatic carbocycles. The highest BCUT2D eigenvalue weighted by atomic mass is 16.2. The highest BCUT2D eigenvalue weighted by Gasteiger charge is 2.22.